The molecule has 1 fully saturated rings. The van der Waals surface area contributed by atoms with Crippen LogP contribution in [0.5, 0.6) is 0 Å². The van der Waals surface area contributed by atoms with Crippen LogP contribution in [-0.2, 0) is 9.53 Å². The molecular weight excluding hydrogens is 336 g/mol. The van der Waals surface area contributed by atoms with Crippen LogP contribution in [0.2, 0.25) is 0 Å². The molecule has 0 radical (unpaired) electrons. The number of esters is 1. The number of hydrogen-bond donors (Lipinski definition) is 2. The Labute approximate surface area is 151 Å². The molecule has 1 unspecified atom stereocenters. The molecule has 1 aromatic carbocycles. The molecule has 2 N–H and O–H groups in total. The predicted octanol–water partition coefficient (Wildman–Crippen LogP) is 2.28. The van der Waals surface area contributed by atoms with Gasteiger partial charge < -0.3 is 15.0 Å². The lowest BCUT2D eigenvalue weighted by atomic mass is 10.2. The van der Waals surface area contributed by atoms with Crippen LogP contribution < -0.4 is 10.2 Å². The topological polar surface area (TPSA) is 59.8 Å². The highest BCUT2D eigenvalue weighted by atomic mass is 32.1. The second kappa shape index (κ2) is 8.27. The zero-order valence-electron chi connectivity index (χ0n) is 14.3. The normalized spacial score (nSPS) is 19.6. The van der Waals surface area contributed by atoms with Gasteiger partial charge in [0, 0.05) is 18.5 Å². The van der Waals surface area contributed by atoms with Gasteiger partial charge in [-0.3, -0.25) is 4.79 Å². The number of likely N-dealkylation sites (tertiary alicyclic amines) is 1. The Bertz CT molecular complexity index is 713. The van der Waals surface area contributed by atoms with Crippen LogP contribution in [-0.4, -0.2) is 31.6 Å². The van der Waals surface area contributed by atoms with Gasteiger partial charge in [0.2, 0.25) is 0 Å². The molecule has 1 aliphatic heterocycles. The third kappa shape index (κ3) is 4.46. The Morgan fingerprint density at radius 1 is 1.28 bits per heavy atom. The van der Waals surface area contributed by atoms with Crippen molar-refractivity contribution < 1.29 is 19.2 Å². The molecule has 5 nitrogen and oxygen atoms in total. The lowest BCUT2D eigenvalue weighted by molar-refractivity contribution is -0.910. The Hall–Kier alpha value is -2.18. The molecule has 1 aromatic heterocycles. The van der Waals surface area contributed by atoms with Crippen LogP contribution in [0.1, 0.15) is 41.0 Å². The summed E-state index contributed by atoms with van der Waals surface area (Å²) in [5.41, 5.74) is 1.19. The third-order valence-electron chi connectivity index (χ3n) is 4.44. The minimum atomic E-state index is -0.347. The number of carbonyl (C=O) groups excluding carboxylic acids is 2. The van der Waals surface area contributed by atoms with E-state index in [9.17, 15) is 9.59 Å². The van der Waals surface area contributed by atoms with Crippen molar-refractivity contribution in [2.75, 3.05) is 25.0 Å². The molecule has 2 aromatic rings. The minimum Gasteiger partial charge on any atom is -0.462 e. The van der Waals surface area contributed by atoms with Gasteiger partial charge in [-0.2, -0.15) is 0 Å². The summed E-state index contributed by atoms with van der Waals surface area (Å²) in [5, 5.41) is 5.02. The number of benzene rings is 1. The summed E-state index contributed by atoms with van der Waals surface area (Å²) in [5.74, 6) is -0.344. The molecule has 3 rings (SSSR count). The van der Waals surface area contributed by atoms with E-state index in [4.69, 9.17) is 4.74 Å². The summed E-state index contributed by atoms with van der Waals surface area (Å²) in [4.78, 5) is 26.7. The first kappa shape index (κ1) is 17.6. The molecule has 6 heteroatoms. The van der Waals surface area contributed by atoms with Gasteiger partial charge in [-0.05, 0) is 42.6 Å². The molecule has 25 heavy (non-hydrogen) atoms. The second-order valence-corrected chi connectivity index (χ2v) is 7.12. The second-order valence-electron chi connectivity index (χ2n) is 6.14. The average Bonchev–Trinajstić information content (AvgIpc) is 3.26. The molecule has 0 spiro atoms. The Morgan fingerprint density at radius 3 is 2.76 bits per heavy atom. The maximum atomic E-state index is 12.4. The predicted molar refractivity (Wildman–Crippen MR) is 98.0 cm³/mol. The van der Waals surface area contributed by atoms with E-state index in [1.165, 1.54) is 9.78 Å². The Morgan fingerprint density at radius 2 is 2.08 bits per heavy atom. The molecule has 0 aliphatic carbocycles. The van der Waals surface area contributed by atoms with Gasteiger partial charge in [0.05, 0.1) is 23.6 Å². The SMILES string of the molecule is CCOC(=O)c1ccc(NC(=O)C[NH+]2CCC[C@H]2c2cccs2)cc1. The number of thiophene rings is 1. The number of nitrogens with one attached hydrogen (secondary N) is 2. The smallest absolute Gasteiger partial charge is 0.338 e. The number of amides is 1. The van der Waals surface area contributed by atoms with Crippen LogP contribution in [0.15, 0.2) is 41.8 Å². The van der Waals surface area contributed by atoms with E-state index in [0.29, 0.717) is 30.4 Å². The zero-order valence-corrected chi connectivity index (χ0v) is 15.1. The average molecular weight is 359 g/mol. The van der Waals surface area contributed by atoms with Crippen molar-refractivity contribution >= 4 is 28.9 Å². The molecule has 0 saturated carbocycles. The Kier molecular flexibility index (Phi) is 5.83. The van der Waals surface area contributed by atoms with Crippen LogP contribution in [0, 0.1) is 0 Å². The van der Waals surface area contributed by atoms with E-state index in [2.05, 4.69) is 22.8 Å². The van der Waals surface area contributed by atoms with Crippen molar-refractivity contribution in [1.82, 2.24) is 0 Å². The lowest BCUT2D eigenvalue weighted by Crippen LogP contribution is -3.11. The van der Waals surface area contributed by atoms with Crippen LogP contribution >= 0.6 is 11.3 Å². The fourth-order valence-corrected chi connectivity index (χ4v) is 4.19. The van der Waals surface area contributed by atoms with Crippen molar-refractivity contribution in [2.24, 2.45) is 0 Å². The maximum Gasteiger partial charge on any atom is 0.338 e. The van der Waals surface area contributed by atoms with E-state index < -0.39 is 0 Å². The summed E-state index contributed by atoms with van der Waals surface area (Å²) >= 11 is 1.77. The molecular formula is C19H23N2O3S+. The number of anilines is 1. The summed E-state index contributed by atoms with van der Waals surface area (Å²) in [6, 6.07) is 11.5. The van der Waals surface area contributed by atoms with Gasteiger partial charge >= 0.3 is 5.97 Å². The largest absolute Gasteiger partial charge is 0.462 e. The van der Waals surface area contributed by atoms with E-state index in [1.807, 2.05) is 0 Å². The number of carbonyl (C=O) groups is 2. The monoisotopic (exact) mass is 359 g/mol. The van der Waals surface area contributed by atoms with E-state index in [0.717, 1.165) is 19.4 Å². The number of hydrogen-bond acceptors (Lipinski definition) is 4. The van der Waals surface area contributed by atoms with Gasteiger partial charge in [-0.25, -0.2) is 4.79 Å². The van der Waals surface area contributed by atoms with Crippen molar-refractivity contribution in [1.29, 1.82) is 0 Å². The van der Waals surface area contributed by atoms with Crippen molar-refractivity contribution in [2.45, 2.75) is 25.8 Å². The van der Waals surface area contributed by atoms with Crippen molar-refractivity contribution in [3.05, 3.63) is 52.2 Å². The molecule has 2 atom stereocenters. The third-order valence-corrected chi connectivity index (χ3v) is 5.42. The van der Waals surface area contributed by atoms with Crippen LogP contribution in [0.25, 0.3) is 0 Å². The highest BCUT2D eigenvalue weighted by Crippen LogP contribution is 2.23. The standard InChI is InChI=1S/C19H22N2O3S/c1-2-24-19(23)14-7-9-15(10-8-14)20-18(22)13-21-11-3-5-16(21)17-6-4-12-25-17/h4,6-10,12,16H,2-3,5,11,13H2,1H3,(H,20,22)/p+1/t16-/m0/s1. The van der Waals surface area contributed by atoms with E-state index >= 15 is 0 Å². The molecule has 132 valence electrons. The highest BCUT2D eigenvalue weighted by Gasteiger charge is 2.32. The lowest BCUT2D eigenvalue weighted by Gasteiger charge is -2.20. The van der Waals surface area contributed by atoms with Gasteiger partial charge in [0.25, 0.3) is 5.91 Å². The first-order valence-electron chi connectivity index (χ1n) is 8.62. The fourth-order valence-electron chi connectivity index (χ4n) is 3.27. The summed E-state index contributed by atoms with van der Waals surface area (Å²) in [6.45, 7) is 3.61. The summed E-state index contributed by atoms with van der Waals surface area (Å²) in [7, 11) is 0. The van der Waals surface area contributed by atoms with E-state index in [1.54, 1.807) is 42.5 Å². The zero-order chi connectivity index (χ0) is 17.6. The van der Waals surface area contributed by atoms with Crippen LogP contribution in [0.3, 0.4) is 0 Å². The number of quaternary nitrogens is 1. The first-order chi connectivity index (χ1) is 12.2. The summed E-state index contributed by atoms with van der Waals surface area (Å²) < 4.78 is 4.96. The van der Waals surface area contributed by atoms with Gasteiger partial charge in [-0.15, -0.1) is 11.3 Å². The van der Waals surface area contributed by atoms with Gasteiger partial charge in [-0.1, -0.05) is 6.07 Å². The molecule has 1 aliphatic rings. The molecule has 0 bridgehead atoms. The van der Waals surface area contributed by atoms with Crippen molar-refractivity contribution in [3.63, 3.8) is 0 Å². The van der Waals surface area contributed by atoms with Crippen molar-refractivity contribution in [3.8, 4) is 0 Å². The minimum absolute atomic E-state index is 0.00217. The summed E-state index contributed by atoms with van der Waals surface area (Å²) in [6.07, 6.45) is 2.29. The number of ether oxygens (including phenoxy) is 1. The molecule has 2 heterocycles. The number of rotatable bonds is 6. The maximum absolute atomic E-state index is 12.4. The fraction of sp³-hybridized carbons (Fsp3) is 0.368. The van der Waals surface area contributed by atoms with Gasteiger partial charge in [0.15, 0.2) is 6.54 Å². The molecule has 1 amide bonds. The quantitative estimate of drug-likeness (QED) is 0.778. The van der Waals surface area contributed by atoms with Crippen LogP contribution in [0.4, 0.5) is 5.69 Å². The van der Waals surface area contributed by atoms with E-state index in [-0.39, 0.29) is 11.9 Å². The first-order valence-corrected chi connectivity index (χ1v) is 9.50. The highest BCUT2D eigenvalue weighted by molar-refractivity contribution is 7.10. The van der Waals surface area contributed by atoms with Gasteiger partial charge in [0.1, 0.15) is 6.04 Å². The Balaban J connectivity index is 1.56. The molecule has 1 saturated heterocycles.